The SMILES string of the molecule is Fc1cccc(-n2cccc2[C@@H]2[C@@H](c3ccccn3)NC(=S)N2C[C@H]2CCCO2)c1. The number of hydrogen-bond acceptors (Lipinski definition) is 3. The molecule has 3 aromatic rings. The van der Waals surface area contributed by atoms with Gasteiger partial charge >= 0.3 is 0 Å². The number of rotatable bonds is 5. The predicted octanol–water partition coefficient (Wildman–Crippen LogP) is 4.16. The molecule has 2 aliphatic heterocycles. The van der Waals surface area contributed by atoms with Crippen LogP contribution in [-0.4, -0.2) is 38.8 Å². The number of ether oxygens (including phenoxy) is 1. The molecule has 0 unspecified atom stereocenters. The summed E-state index contributed by atoms with van der Waals surface area (Å²) in [5, 5.41) is 4.17. The predicted molar refractivity (Wildman–Crippen MR) is 117 cm³/mol. The fourth-order valence-corrected chi connectivity index (χ4v) is 4.74. The van der Waals surface area contributed by atoms with Crippen molar-refractivity contribution >= 4 is 17.3 Å². The molecule has 7 heteroatoms. The summed E-state index contributed by atoms with van der Waals surface area (Å²) in [5.74, 6) is -0.260. The van der Waals surface area contributed by atoms with E-state index in [0.29, 0.717) is 11.7 Å². The van der Waals surface area contributed by atoms with E-state index in [4.69, 9.17) is 17.0 Å². The highest BCUT2D eigenvalue weighted by Gasteiger charge is 2.42. The summed E-state index contributed by atoms with van der Waals surface area (Å²) < 4.78 is 21.9. The third-order valence-electron chi connectivity index (χ3n) is 5.79. The van der Waals surface area contributed by atoms with Gasteiger partial charge in [-0.25, -0.2) is 4.39 Å². The van der Waals surface area contributed by atoms with Gasteiger partial charge in [0.1, 0.15) is 5.82 Å². The number of nitrogens with one attached hydrogen (secondary N) is 1. The molecule has 1 aromatic carbocycles. The van der Waals surface area contributed by atoms with Crippen LogP contribution in [-0.2, 0) is 4.74 Å². The maximum Gasteiger partial charge on any atom is 0.170 e. The summed E-state index contributed by atoms with van der Waals surface area (Å²) in [7, 11) is 0. The van der Waals surface area contributed by atoms with Gasteiger partial charge < -0.3 is 19.5 Å². The van der Waals surface area contributed by atoms with Crippen LogP contribution in [0.4, 0.5) is 4.39 Å². The van der Waals surface area contributed by atoms with Gasteiger partial charge in [0, 0.05) is 36.9 Å². The summed E-state index contributed by atoms with van der Waals surface area (Å²) in [6.45, 7) is 1.51. The number of halogens is 1. The van der Waals surface area contributed by atoms with Crippen LogP contribution in [0.2, 0.25) is 0 Å². The number of hydrogen-bond donors (Lipinski definition) is 1. The standard InChI is InChI=1S/C23H23FN4OS/c24-16-6-3-7-17(14-16)27-12-4-10-20(27)22-21(19-9-1-2-11-25-19)26-23(30)28(22)15-18-8-5-13-29-18/h1-4,6-7,9-12,14,18,21-22H,5,8,13,15H2,(H,26,30)/t18-,21-,22-/m1/s1. The van der Waals surface area contributed by atoms with Crippen molar-refractivity contribution in [2.24, 2.45) is 0 Å². The van der Waals surface area contributed by atoms with E-state index in [1.54, 1.807) is 18.3 Å². The Morgan fingerprint density at radius 2 is 2.10 bits per heavy atom. The molecule has 0 bridgehead atoms. The molecule has 0 saturated carbocycles. The zero-order valence-electron chi connectivity index (χ0n) is 16.4. The first-order chi connectivity index (χ1) is 14.7. The Bertz CT molecular complexity index is 1030. The van der Waals surface area contributed by atoms with Crippen LogP contribution in [0, 0.1) is 5.82 Å². The van der Waals surface area contributed by atoms with Gasteiger partial charge in [-0.15, -0.1) is 0 Å². The molecule has 2 saturated heterocycles. The monoisotopic (exact) mass is 422 g/mol. The van der Waals surface area contributed by atoms with Crippen molar-refractivity contribution < 1.29 is 9.13 Å². The molecule has 2 aliphatic rings. The van der Waals surface area contributed by atoms with Crippen LogP contribution in [0.1, 0.15) is 36.3 Å². The van der Waals surface area contributed by atoms with Crippen LogP contribution in [0.3, 0.4) is 0 Å². The first-order valence-corrected chi connectivity index (χ1v) is 10.6. The van der Waals surface area contributed by atoms with Crippen molar-refractivity contribution in [3.8, 4) is 5.69 Å². The summed E-state index contributed by atoms with van der Waals surface area (Å²) >= 11 is 5.75. The van der Waals surface area contributed by atoms with E-state index < -0.39 is 0 Å². The maximum atomic E-state index is 13.9. The van der Waals surface area contributed by atoms with Crippen LogP contribution in [0.15, 0.2) is 67.0 Å². The molecule has 0 amide bonds. The lowest BCUT2D eigenvalue weighted by Crippen LogP contribution is -2.36. The minimum absolute atomic E-state index is 0.0881. The maximum absolute atomic E-state index is 13.9. The van der Waals surface area contributed by atoms with Gasteiger partial charge in [0.05, 0.1) is 23.9 Å². The lowest BCUT2D eigenvalue weighted by atomic mass is 10.0. The molecule has 0 aliphatic carbocycles. The smallest absolute Gasteiger partial charge is 0.170 e. The Hall–Kier alpha value is -2.77. The number of aromatic nitrogens is 2. The number of nitrogens with zero attached hydrogens (tertiary/aromatic N) is 3. The van der Waals surface area contributed by atoms with Crippen molar-refractivity contribution in [1.82, 2.24) is 19.8 Å². The minimum atomic E-state index is -0.260. The summed E-state index contributed by atoms with van der Waals surface area (Å²) in [4.78, 5) is 6.79. The summed E-state index contributed by atoms with van der Waals surface area (Å²) in [5.41, 5.74) is 2.73. The largest absolute Gasteiger partial charge is 0.376 e. The fourth-order valence-electron chi connectivity index (χ4n) is 4.43. The number of benzene rings is 1. The third-order valence-corrected chi connectivity index (χ3v) is 6.14. The Labute approximate surface area is 180 Å². The minimum Gasteiger partial charge on any atom is -0.376 e. The Morgan fingerprint density at radius 3 is 2.87 bits per heavy atom. The van der Waals surface area contributed by atoms with E-state index in [0.717, 1.165) is 36.5 Å². The highest BCUT2D eigenvalue weighted by molar-refractivity contribution is 7.80. The van der Waals surface area contributed by atoms with Crippen molar-refractivity contribution in [2.45, 2.75) is 31.0 Å². The Kier molecular flexibility index (Phi) is 5.23. The Morgan fingerprint density at radius 1 is 1.17 bits per heavy atom. The quantitative estimate of drug-likeness (QED) is 0.626. The van der Waals surface area contributed by atoms with Crippen LogP contribution in [0.5, 0.6) is 0 Å². The van der Waals surface area contributed by atoms with Crippen molar-refractivity contribution in [1.29, 1.82) is 0 Å². The van der Waals surface area contributed by atoms with Gasteiger partial charge in [-0.1, -0.05) is 12.1 Å². The van der Waals surface area contributed by atoms with Gasteiger partial charge in [-0.05, 0) is 67.5 Å². The first kappa shape index (κ1) is 19.2. The van der Waals surface area contributed by atoms with E-state index in [1.807, 2.05) is 41.1 Å². The second kappa shape index (κ2) is 8.16. The molecule has 30 heavy (non-hydrogen) atoms. The summed E-state index contributed by atoms with van der Waals surface area (Å²) in [6.07, 6.45) is 6.03. The average molecular weight is 423 g/mol. The first-order valence-electron chi connectivity index (χ1n) is 10.2. The third kappa shape index (κ3) is 3.59. The molecular formula is C23H23FN4OS. The van der Waals surface area contributed by atoms with Gasteiger partial charge in [0.15, 0.2) is 5.11 Å². The topological polar surface area (TPSA) is 42.3 Å². The molecular weight excluding hydrogens is 399 g/mol. The average Bonchev–Trinajstić information content (AvgIpc) is 3.50. The van der Waals surface area contributed by atoms with E-state index in [2.05, 4.69) is 21.3 Å². The normalized spacial score (nSPS) is 23.7. The van der Waals surface area contributed by atoms with Gasteiger partial charge in [0.25, 0.3) is 0 Å². The van der Waals surface area contributed by atoms with E-state index in [1.165, 1.54) is 6.07 Å². The molecule has 0 radical (unpaired) electrons. The molecule has 0 spiro atoms. The van der Waals surface area contributed by atoms with Crippen LogP contribution >= 0.6 is 12.2 Å². The zero-order chi connectivity index (χ0) is 20.5. The molecule has 3 atom stereocenters. The molecule has 4 heterocycles. The van der Waals surface area contributed by atoms with Crippen LogP contribution < -0.4 is 5.32 Å². The van der Waals surface area contributed by atoms with Crippen molar-refractivity contribution in [3.05, 3.63) is 84.2 Å². The lowest BCUT2D eigenvalue weighted by molar-refractivity contribution is 0.0836. The molecule has 5 nitrogen and oxygen atoms in total. The molecule has 2 aromatic heterocycles. The van der Waals surface area contributed by atoms with Gasteiger partial charge in [-0.3, -0.25) is 4.98 Å². The van der Waals surface area contributed by atoms with Crippen molar-refractivity contribution in [2.75, 3.05) is 13.2 Å². The zero-order valence-corrected chi connectivity index (χ0v) is 17.3. The second-order valence-electron chi connectivity index (χ2n) is 7.70. The van der Waals surface area contributed by atoms with E-state index in [-0.39, 0.29) is 24.0 Å². The van der Waals surface area contributed by atoms with E-state index >= 15 is 0 Å². The highest BCUT2D eigenvalue weighted by Crippen LogP contribution is 2.40. The molecule has 5 rings (SSSR count). The van der Waals surface area contributed by atoms with E-state index in [9.17, 15) is 4.39 Å². The summed E-state index contributed by atoms with van der Waals surface area (Å²) in [6, 6.07) is 16.4. The number of thiocarbonyl (C=S) groups is 1. The highest BCUT2D eigenvalue weighted by atomic mass is 32.1. The van der Waals surface area contributed by atoms with Crippen molar-refractivity contribution in [3.63, 3.8) is 0 Å². The lowest BCUT2D eigenvalue weighted by Gasteiger charge is -2.30. The Balaban J connectivity index is 1.57. The van der Waals surface area contributed by atoms with Gasteiger partial charge in [-0.2, -0.15) is 0 Å². The van der Waals surface area contributed by atoms with Crippen LogP contribution in [0.25, 0.3) is 5.69 Å². The molecule has 2 fully saturated rings. The molecule has 154 valence electrons. The fraction of sp³-hybridized carbons (Fsp3) is 0.304. The second-order valence-corrected chi connectivity index (χ2v) is 8.08. The number of pyridine rings is 1. The molecule has 1 N–H and O–H groups in total. The van der Waals surface area contributed by atoms with Gasteiger partial charge in [0.2, 0.25) is 0 Å².